The lowest BCUT2D eigenvalue weighted by Crippen LogP contribution is -2.41. The standard InChI is InChI=1S/C13H11N3O5/c14-16(6-10(17)18)12(19)11-8-4-2-1-3-7(8)5-9(15-11)13(20)21/h1-5H,6,14H2,(H,17,18)(H,20,21). The van der Waals surface area contributed by atoms with Gasteiger partial charge in [0.25, 0.3) is 5.91 Å². The highest BCUT2D eigenvalue weighted by atomic mass is 16.4. The van der Waals surface area contributed by atoms with E-state index in [1.54, 1.807) is 24.3 Å². The monoisotopic (exact) mass is 289 g/mol. The second-order valence-electron chi connectivity index (χ2n) is 4.21. The Hall–Kier alpha value is -3.00. The van der Waals surface area contributed by atoms with Gasteiger partial charge in [0.05, 0.1) is 0 Å². The Morgan fingerprint density at radius 2 is 1.86 bits per heavy atom. The third kappa shape index (κ3) is 2.95. The molecule has 8 nitrogen and oxygen atoms in total. The number of aromatic nitrogens is 1. The van der Waals surface area contributed by atoms with Crippen LogP contribution in [-0.2, 0) is 4.79 Å². The van der Waals surface area contributed by atoms with E-state index in [1.807, 2.05) is 0 Å². The minimum Gasteiger partial charge on any atom is -0.480 e. The zero-order valence-electron chi connectivity index (χ0n) is 10.7. The summed E-state index contributed by atoms with van der Waals surface area (Å²) >= 11 is 0. The van der Waals surface area contributed by atoms with Crippen LogP contribution in [0.5, 0.6) is 0 Å². The number of carboxylic acid groups (broad SMARTS) is 2. The normalized spacial score (nSPS) is 10.3. The first-order valence-electron chi connectivity index (χ1n) is 5.81. The van der Waals surface area contributed by atoms with Crippen molar-refractivity contribution >= 4 is 28.6 Å². The van der Waals surface area contributed by atoms with Crippen LogP contribution in [0.3, 0.4) is 0 Å². The van der Waals surface area contributed by atoms with Crippen molar-refractivity contribution in [1.29, 1.82) is 0 Å². The molecule has 8 heteroatoms. The highest BCUT2D eigenvalue weighted by Crippen LogP contribution is 2.19. The van der Waals surface area contributed by atoms with E-state index >= 15 is 0 Å². The van der Waals surface area contributed by atoms with Crippen LogP contribution in [0.25, 0.3) is 10.8 Å². The van der Waals surface area contributed by atoms with Crippen LogP contribution < -0.4 is 5.84 Å². The molecule has 0 atom stereocenters. The van der Waals surface area contributed by atoms with Gasteiger partial charge in [-0.05, 0) is 11.5 Å². The van der Waals surface area contributed by atoms with Gasteiger partial charge in [-0.3, -0.25) is 14.6 Å². The van der Waals surface area contributed by atoms with Gasteiger partial charge in [-0.2, -0.15) is 0 Å². The highest BCUT2D eigenvalue weighted by Gasteiger charge is 2.21. The number of aromatic carboxylic acids is 1. The van der Waals surface area contributed by atoms with E-state index in [1.165, 1.54) is 6.07 Å². The van der Waals surface area contributed by atoms with Crippen LogP contribution in [-0.4, -0.2) is 44.6 Å². The summed E-state index contributed by atoms with van der Waals surface area (Å²) in [6, 6.07) is 7.86. The molecule has 21 heavy (non-hydrogen) atoms. The molecule has 1 amide bonds. The van der Waals surface area contributed by atoms with E-state index in [4.69, 9.17) is 16.1 Å². The summed E-state index contributed by atoms with van der Waals surface area (Å²) in [7, 11) is 0. The lowest BCUT2D eigenvalue weighted by atomic mass is 10.1. The Balaban J connectivity index is 2.58. The maximum atomic E-state index is 12.2. The second kappa shape index (κ2) is 5.55. The Bertz CT molecular complexity index is 744. The van der Waals surface area contributed by atoms with Gasteiger partial charge in [-0.25, -0.2) is 15.6 Å². The molecule has 1 heterocycles. The average Bonchev–Trinajstić information content (AvgIpc) is 2.44. The van der Waals surface area contributed by atoms with Crippen molar-refractivity contribution in [1.82, 2.24) is 9.99 Å². The minimum atomic E-state index is -1.29. The van der Waals surface area contributed by atoms with Crippen molar-refractivity contribution in [2.75, 3.05) is 6.54 Å². The molecule has 0 spiro atoms. The Kier molecular flexibility index (Phi) is 3.81. The van der Waals surface area contributed by atoms with E-state index in [2.05, 4.69) is 4.98 Å². The van der Waals surface area contributed by atoms with E-state index in [0.29, 0.717) is 15.8 Å². The zero-order chi connectivity index (χ0) is 15.6. The number of hydrogen-bond donors (Lipinski definition) is 3. The number of carboxylic acids is 2. The van der Waals surface area contributed by atoms with Crippen LogP contribution >= 0.6 is 0 Å². The van der Waals surface area contributed by atoms with Gasteiger partial charge in [0.15, 0.2) is 0 Å². The largest absolute Gasteiger partial charge is 0.480 e. The molecular weight excluding hydrogens is 278 g/mol. The second-order valence-corrected chi connectivity index (χ2v) is 4.21. The summed E-state index contributed by atoms with van der Waals surface area (Å²) < 4.78 is 0. The third-order valence-corrected chi connectivity index (χ3v) is 2.73. The smallest absolute Gasteiger partial charge is 0.354 e. The number of benzene rings is 1. The molecule has 0 aliphatic carbocycles. The molecule has 0 unspecified atom stereocenters. The number of hydrogen-bond acceptors (Lipinski definition) is 5. The summed E-state index contributed by atoms with van der Waals surface area (Å²) in [4.78, 5) is 37.6. The predicted molar refractivity (Wildman–Crippen MR) is 71.6 cm³/mol. The van der Waals surface area contributed by atoms with Gasteiger partial charge in [0, 0.05) is 5.39 Å². The maximum Gasteiger partial charge on any atom is 0.354 e. The molecule has 0 aliphatic rings. The number of hydrazine groups is 1. The Morgan fingerprint density at radius 3 is 2.48 bits per heavy atom. The first kappa shape index (κ1) is 14.4. The molecular formula is C13H11N3O5. The van der Waals surface area contributed by atoms with Gasteiger partial charge in [-0.15, -0.1) is 0 Å². The molecule has 108 valence electrons. The molecule has 0 saturated carbocycles. The Labute approximate surface area is 118 Å². The number of pyridine rings is 1. The molecule has 1 aromatic heterocycles. The van der Waals surface area contributed by atoms with Crippen LogP contribution in [0.15, 0.2) is 30.3 Å². The van der Waals surface area contributed by atoms with Crippen molar-refractivity contribution in [2.45, 2.75) is 0 Å². The number of nitrogens with zero attached hydrogens (tertiary/aromatic N) is 2. The number of nitrogens with two attached hydrogens (primary N) is 1. The molecule has 0 fully saturated rings. The molecule has 0 aliphatic heterocycles. The molecule has 0 saturated heterocycles. The fourth-order valence-electron chi connectivity index (χ4n) is 1.82. The maximum absolute atomic E-state index is 12.2. The van der Waals surface area contributed by atoms with Crippen molar-refractivity contribution < 1.29 is 24.6 Å². The number of amides is 1. The number of carbonyl (C=O) groups excluding carboxylic acids is 1. The molecule has 4 N–H and O–H groups in total. The quantitative estimate of drug-likeness (QED) is 0.419. The van der Waals surface area contributed by atoms with Crippen molar-refractivity contribution in [2.24, 2.45) is 5.84 Å². The SMILES string of the molecule is NN(CC(=O)O)C(=O)c1nc(C(=O)O)cc2ccccc12. The van der Waals surface area contributed by atoms with E-state index in [0.717, 1.165) is 0 Å². The van der Waals surface area contributed by atoms with E-state index < -0.39 is 24.4 Å². The van der Waals surface area contributed by atoms with Crippen LogP contribution in [0.4, 0.5) is 0 Å². The van der Waals surface area contributed by atoms with Gasteiger partial charge in [0.2, 0.25) is 0 Å². The zero-order valence-corrected chi connectivity index (χ0v) is 10.7. The predicted octanol–water partition coefficient (Wildman–Crippen LogP) is 0.334. The summed E-state index contributed by atoms with van der Waals surface area (Å²) in [6.07, 6.45) is 0. The average molecular weight is 289 g/mol. The van der Waals surface area contributed by atoms with Crippen molar-refractivity contribution in [3.8, 4) is 0 Å². The number of carbonyl (C=O) groups is 3. The van der Waals surface area contributed by atoms with Gasteiger partial charge < -0.3 is 10.2 Å². The topological polar surface area (TPSA) is 134 Å². The lowest BCUT2D eigenvalue weighted by molar-refractivity contribution is -0.137. The lowest BCUT2D eigenvalue weighted by Gasteiger charge is -2.15. The van der Waals surface area contributed by atoms with E-state index in [-0.39, 0.29) is 11.4 Å². The number of rotatable bonds is 4. The summed E-state index contributed by atoms with van der Waals surface area (Å²) in [5.41, 5.74) is -0.518. The molecule has 2 rings (SSSR count). The fraction of sp³-hybridized carbons (Fsp3) is 0.0769. The highest BCUT2D eigenvalue weighted by molar-refractivity contribution is 6.07. The first-order chi connectivity index (χ1) is 9.90. The van der Waals surface area contributed by atoms with Crippen LogP contribution in [0.1, 0.15) is 21.0 Å². The number of aliphatic carboxylic acids is 1. The molecule has 2 aromatic rings. The summed E-state index contributed by atoms with van der Waals surface area (Å²) in [5.74, 6) is 1.94. The van der Waals surface area contributed by atoms with Crippen molar-refractivity contribution in [3.63, 3.8) is 0 Å². The molecule has 1 aromatic carbocycles. The first-order valence-corrected chi connectivity index (χ1v) is 5.81. The molecule has 0 bridgehead atoms. The van der Waals surface area contributed by atoms with Crippen LogP contribution in [0, 0.1) is 0 Å². The Morgan fingerprint density at radius 1 is 1.19 bits per heavy atom. The number of fused-ring (bicyclic) bond motifs is 1. The molecule has 0 radical (unpaired) electrons. The summed E-state index contributed by atoms with van der Waals surface area (Å²) in [5, 5.41) is 19.0. The van der Waals surface area contributed by atoms with Gasteiger partial charge >= 0.3 is 11.9 Å². The fourth-order valence-corrected chi connectivity index (χ4v) is 1.82. The van der Waals surface area contributed by atoms with E-state index in [9.17, 15) is 14.4 Å². The van der Waals surface area contributed by atoms with Crippen molar-refractivity contribution in [3.05, 3.63) is 41.7 Å². The van der Waals surface area contributed by atoms with Gasteiger partial charge in [0.1, 0.15) is 17.9 Å². The van der Waals surface area contributed by atoms with Gasteiger partial charge in [-0.1, -0.05) is 24.3 Å². The summed E-state index contributed by atoms with van der Waals surface area (Å²) in [6.45, 7) is -0.716. The van der Waals surface area contributed by atoms with Crippen LogP contribution in [0.2, 0.25) is 0 Å². The third-order valence-electron chi connectivity index (χ3n) is 2.73. The minimum absolute atomic E-state index is 0.200.